The van der Waals surface area contributed by atoms with Gasteiger partial charge in [0.2, 0.25) is 5.36 Å². The molecule has 1 aromatic rings. The third-order valence-corrected chi connectivity index (χ3v) is 4.59. The van der Waals surface area contributed by atoms with Crippen LogP contribution in [0, 0.1) is 10.4 Å². The lowest BCUT2D eigenvalue weighted by Gasteiger charge is -2.19. The maximum atomic E-state index is 11.6. The maximum Gasteiger partial charge on any atom is 0.234 e. The summed E-state index contributed by atoms with van der Waals surface area (Å²) in [6, 6.07) is 10.8. The number of ether oxygens (including phenoxy) is 1. The van der Waals surface area contributed by atoms with E-state index in [9.17, 15) is 10.4 Å². The van der Waals surface area contributed by atoms with Crippen molar-refractivity contribution in [2.45, 2.75) is 0 Å². The number of aromatic amines is 1. The molecule has 28 heavy (non-hydrogen) atoms. The minimum atomic E-state index is -0.345. The first kappa shape index (κ1) is 19.8. The Hall–Kier alpha value is -2.97. The lowest BCUT2D eigenvalue weighted by Crippen LogP contribution is -2.30. The Bertz CT molecular complexity index is 979. The van der Waals surface area contributed by atoms with Crippen molar-refractivity contribution < 1.29 is 4.74 Å². The summed E-state index contributed by atoms with van der Waals surface area (Å²) in [5.74, 6) is 0.700. The van der Waals surface area contributed by atoms with E-state index in [0.717, 1.165) is 41.9 Å². The number of likely N-dealkylation sites (N-methyl/N-ethyl adjacent to an activating group) is 1. The van der Waals surface area contributed by atoms with Gasteiger partial charge in [-0.3, -0.25) is 0 Å². The van der Waals surface area contributed by atoms with Crippen LogP contribution in [-0.4, -0.2) is 57.3 Å². The van der Waals surface area contributed by atoms with Crippen LogP contribution in [0.4, 0.5) is 5.69 Å². The van der Waals surface area contributed by atoms with E-state index in [1.807, 2.05) is 38.4 Å². The molecule has 1 aliphatic heterocycles. The molecule has 8 heteroatoms. The Balaban J connectivity index is 2.01. The Morgan fingerprint density at radius 3 is 2.64 bits per heavy atom. The number of nitrogens with one attached hydrogen (secondary N) is 3. The van der Waals surface area contributed by atoms with Gasteiger partial charge in [-0.1, -0.05) is 6.07 Å². The number of hydrogen-bond acceptors (Lipinski definition) is 6. The first-order valence-corrected chi connectivity index (χ1v) is 9.20. The lowest BCUT2D eigenvalue weighted by atomic mass is 10.0. The highest BCUT2D eigenvalue weighted by Gasteiger charge is 2.18. The summed E-state index contributed by atoms with van der Waals surface area (Å²) in [6.45, 7) is 3.23. The molecule has 0 spiro atoms. The molecular formula is C20H26N5O3-. The predicted molar refractivity (Wildman–Crippen MR) is 113 cm³/mol. The van der Waals surface area contributed by atoms with E-state index in [0.29, 0.717) is 17.9 Å². The van der Waals surface area contributed by atoms with Crippen molar-refractivity contribution in [1.82, 2.24) is 20.1 Å². The van der Waals surface area contributed by atoms with Crippen molar-refractivity contribution in [1.29, 1.82) is 0 Å². The highest BCUT2D eigenvalue weighted by atomic mass is 16.8. The standard InChI is InChI=1S/C20H26N5O3/c1-24(2)12-11-21-9-10-22-20-15-13-14(28-3)7-8-16(15)23-17-5-4-6-18(19(17)20)25(26)27/h4-8,13,21-23H,9-12H2,1-3H3/q-1. The van der Waals surface area contributed by atoms with Gasteiger partial charge in [0.1, 0.15) is 5.75 Å². The average Bonchev–Trinajstić information content (AvgIpc) is 2.68. The molecule has 0 fully saturated rings. The number of anilines is 1. The molecular weight excluding hydrogens is 358 g/mol. The van der Waals surface area contributed by atoms with Crippen LogP contribution in [0.1, 0.15) is 0 Å². The molecule has 3 N–H and O–H groups in total. The summed E-state index contributed by atoms with van der Waals surface area (Å²) in [7, 11) is 5.67. The third kappa shape index (κ3) is 4.29. The average molecular weight is 384 g/mol. The van der Waals surface area contributed by atoms with Gasteiger partial charge in [0.25, 0.3) is 0 Å². The minimum Gasteiger partial charge on any atom is -0.612 e. The van der Waals surface area contributed by atoms with Crippen molar-refractivity contribution in [3.05, 3.63) is 52.2 Å². The van der Waals surface area contributed by atoms with Crippen molar-refractivity contribution >= 4 is 16.6 Å². The van der Waals surface area contributed by atoms with Gasteiger partial charge in [0.05, 0.1) is 24.1 Å². The largest absolute Gasteiger partial charge is 0.612 e. The van der Waals surface area contributed by atoms with E-state index in [-0.39, 0.29) is 10.3 Å². The summed E-state index contributed by atoms with van der Waals surface area (Å²) in [6.07, 6.45) is 0. The Morgan fingerprint density at radius 2 is 1.93 bits per heavy atom. The summed E-state index contributed by atoms with van der Waals surface area (Å²) in [5, 5.41) is 31.0. The van der Waals surface area contributed by atoms with Gasteiger partial charge < -0.3 is 35.7 Å². The fourth-order valence-electron chi connectivity index (χ4n) is 3.19. The molecule has 0 atom stereocenters. The lowest BCUT2D eigenvalue weighted by molar-refractivity contribution is 0.402. The van der Waals surface area contributed by atoms with Crippen LogP contribution in [0.2, 0.25) is 0 Å². The van der Waals surface area contributed by atoms with Gasteiger partial charge in [0.15, 0.2) is 0 Å². The molecule has 1 aliphatic carbocycles. The smallest absolute Gasteiger partial charge is 0.234 e. The first-order chi connectivity index (χ1) is 13.5. The second-order valence-electron chi connectivity index (χ2n) is 6.85. The number of rotatable bonds is 8. The fraction of sp³-hybridized carbons (Fsp3) is 0.350. The Morgan fingerprint density at radius 1 is 1.11 bits per heavy atom. The van der Waals surface area contributed by atoms with Crippen molar-refractivity contribution in [3.8, 4) is 17.0 Å². The number of nitrogens with zero attached hydrogens (tertiary/aromatic N) is 2. The monoisotopic (exact) mass is 384 g/mol. The van der Waals surface area contributed by atoms with Crippen LogP contribution in [-0.2, 0) is 0 Å². The third-order valence-electron chi connectivity index (χ3n) is 4.59. The van der Waals surface area contributed by atoms with E-state index in [1.54, 1.807) is 13.2 Å². The van der Waals surface area contributed by atoms with Gasteiger partial charge in [-0.15, -0.1) is 0 Å². The predicted octanol–water partition coefficient (Wildman–Crippen LogP) is 1.61. The van der Waals surface area contributed by atoms with Crippen LogP contribution in [0.3, 0.4) is 0 Å². The molecule has 1 aromatic carbocycles. The topological polar surface area (TPSA) is 101 Å². The summed E-state index contributed by atoms with van der Waals surface area (Å²) >= 11 is 0. The second kappa shape index (κ2) is 8.81. The minimum absolute atomic E-state index is 0.0709. The van der Waals surface area contributed by atoms with Gasteiger partial charge in [-0.2, -0.15) is 4.90 Å². The molecule has 2 aliphatic rings. The van der Waals surface area contributed by atoms with Crippen LogP contribution < -0.4 is 25.6 Å². The molecule has 8 nitrogen and oxygen atoms in total. The molecule has 0 aromatic heterocycles. The van der Waals surface area contributed by atoms with Gasteiger partial charge in [-0.25, -0.2) is 0 Å². The Labute approximate surface area is 163 Å². The fourth-order valence-corrected chi connectivity index (χ4v) is 3.19. The summed E-state index contributed by atoms with van der Waals surface area (Å²) in [4.78, 5) is 5.07. The number of fused-ring (bicyclic) bond motifs is 2. The van der Waals surface area contributed by atoms with E-state index < -0.39 is 0 Å². The Kier molecular flexibility index (Phi) is 6.23. The van der Waals surface area contributed by atoms with Gasteiger partial charge in [0, 0.05) is 43.1 Å². The maximum absolute atomic E-state index is 11.6. The zero-order valence-corrected chi connectivity index (χ0v) is 16.4. The summed E-state index contributed by atoms with van der Waals surface area (Å²) in [5.41, 5.74) is 2.91. The number of benzene rings is 2. The number of aromatic nitrogens is 1. The van der Waals surface area contributed by atoms with Gasteiger partial charge in [-0.05, 0) is 38.4 Å². The molecule has 150 valence electrons. The van der Waals surface area contributed by atoms with E-state index >= 15 is 0 Å². The molecule has 3 rings (SSSR count). The molecule has 0 unspecified atom stereocenters. The van der Waals surface area contributed by atoms with Crippen molar-refractivity contribution in [3.63, 3.8) is 0 Å². The molecule has 0 saturated heterocycles. The molecule has 0 radical (unpaired) electrons. The van der Waals surface area contributed by atoms with E-state index in [2.05, 4.69) is 20.5 Å². The SMILES string of the molecule is COc1ccc2[nH]c3cccc(=[N+]([O-])[O-])c-3c(NCCNCCN(C)C)c2c1. The summed E-state index contributed by atoms with van der Waals surface area (Å²) < 4.78 is 5.35. The number of pyridine rings is 1. The van der Waals surface area contributed by atoms with E-state index in [4.69, 9.17) is 4.74 Å². The molecule has 1 heterocycles. The zero-order chi connectivity index (χ0) is 20.1. The number of methoxy groups -OCH3 is 1. The number of H-pyrrole nitrogens is 1. The zero-order valence-electron chi connectivity index (χ0n) is 16.4. The first-order valence-electron chi connectivity index (χ1n) is 9.20. The quantitative estimate of drug-likeness (QED) is 0.310. The van der Waals surface area contributed by atoms with Crippen LogP contribution in [0.25, 0.3) is 22.2 Å². The molecule has 0 saturated carbocycles. The molecule has 0 amide bonds. The van der Waals surface area contributed by atoms with E-state index in [1.165, 1.54) is 6.07 Å². The van der Waals surface area contributed by atoms with Crippen molar-refractivity contribution in [2.24, 2.45) is 0 Å². The highest BCUT2D eigenvalue weighted by Crippen LogP contribution is 2.34. The molecule has 0 bridgehead atoms. The van der Waals surface area contributed by atoms with Crippen LogP contribution in [0.15, 0.2) is 36.4 Å². The normalized spacial score (nSPS) is 11.3. The highest BCUT2D eigenvalue weighted by molar-refractivity contribution is 6.01. The van der Waals surface area contributed by atoms with Crippen LogP contribution >= 0.6 is 0 Å². The van der Waals surface area contributed by atoms with Gasteiger partial charge >= 0.3 is 0 Å². The van der Waals surface area contributed by atoms with Crippen LogP contribution in [0.5, 0.6) is 5.75 Å². The second-order valence-corrected chi connectivity index (χ2v) is 6.85. The van der Waals surface area contributed by atoms with Crippen molar-refractivity contribution in [2.75, 3.05) is 52.7 Å². The number of hydrogen-bond donors (Lipinski definition) is 3.